The van der Waals surface area contributed by atoms with E-state index in [4.69, 9.17) is 11.6 Å². The highest BCUT2D eigenvalue weighted by atomic mass is 35.5. The first-order valence-electron chi connectivity index (χ1n) is 5.77. The van der Waals surface area contributed by atoms with E-state index in [0.717, 1.165) is 5.69 Å². The quantitative estimate of drug-likeness (QED) is 0.936. The zero-order valence-corrected chi connectivity index (χ0v) is 11.5. The van der Waals surface area contributed by atoms with E-state index < -0.39 is 0 Å². The maximum atomic E-state index is 11.7. The van der Waals surface area contributed by atoms with Gasteiger partial charge in [0.05, 0.1) is 16.3 Å². The average molecular weight is 276 g/mol. The van der Waals surface area contributed by atoms with Crippen molar-refractivity contribution in [2.75, 3.05) is 19.4 Å². The number of carbonyl (C=O) groups is 1. The molecule has 0 spiro atoms. The molecule has 0 saturated carbocycles. The van der Waals surface area contributed by atoms with Gasteiger partial charge in [0, 0.05) is 20.3 Å². The fourth-order valence-corrected chi connectivity index (χ4v) is 1.74. The second kappa shape index (κ2) is 5.71. The van der Waals surface area contributed by atoms with E-state index in [2.05, 4.69) is 10.3 Å². The van der Waals surface area contributed by atoms with Crippen LogP contribution in [0.3, 0.4) is 0 Å². The van der Waals surface area contributed by atoms with Crippen LogP contribution in [0.1, 0.15) is 10.4 Å². The minimum Gasteiger partial charge on any atom is -0.345 e. The van der Waals surface area contributed by atoms with E-state index in [-0.39, 0.29) is 5.91 Å². The molecule has 1 heterocycles. The molecule has 98 valence electrons. The first-order chi connectivity index (χ1) is 9.08. The molecule has 0 fully saturated rings. The van der Waals surface area contributed by atoms with Crippen molar-refractivity contribution in [3.05, 3.63) is 53.2 Å². The molecule has 0 aliphatic rings. The number of halogens is 1. The third-order valence-corrected chi connectivity index (χ3v) is 2.88. The molecule has 5 heteroatoms. The number of benzene rings is 1. The minimum atomic E-state index is -0.0724. The van der Waals surface area contributed by atoms with Crippen LogP contribution in [0.5, 0.6) is 0 Å². The number of hydrogen-bond donors (Lipinski definition) is 1. The van der Waals surface area contributed by atoms with Crippen LogP contribution in [-0.4, -0.2) is 29.9 Å². The summed E-state index contributed by atoms with van der Waals surface area (Å²) in [4.78, 5) is 17.4. The fourth-order valence-electron chi connectivity index (χ4n) is 1.55. The molecule has 1 amide bonds. The molecule has 2 rings (SSSR count). The zero-order valence-electron chi connectivity index (χ0n) is 10.7. The monoisotopic (exact) mass is 275 g/mol. The Morgan fingerprint density at radius 1 is 1.21 bits per heavy atom. The zero-order chi connectivity index (χ0) is 13.8. The topological polar surface area (TPSA) is 45.2 Å². The molecule has 4 nitrogen and oxygen atoms in total. The van der Waals surface area contributed by atoms with Gasteiger partial charge in [-0.1, -0.05) is 23.7 Å². The van der Waals surface area contributed by atoms with Crippen LogP contribution in [0.25, 0.3) is 0 Å². The Balaban J connectivity index is 2.16. The van der Waals surface area contributed by atoms with E-state index in [1.165, 1.54) is 4.90 Å². The van der Waals surface area contributed by atoms with Gasteiger partial charge in [-0.05, 0) is 24.3 Å². The lowest BCUT2D eigenvalue weighted by atomic mass is 10.2. The minimum absolute atomic E-state index is 0.0724. The number of carbonyl (C=O) groups excluding carboxylic acids is 1. The number of aromatic nitrogens is 1. The van der Waals surface area contributed by atoms with E-state index >= 15 is 0 Å². The van der Waals surface area contributed by atoms with Gasteiger partial charge in [0.2, 0.25) is 0 Å². The number of amides is 1. The molecule has 1 N–H and O–H groups in total. The number of nitrogens with one attached hydrogen (secondary N) is 1. The van der Waals surface area contributed by atoms with E-state index in [9.17, 15) is 4.79 Å². The number of hydrogen-bond acceptors (Lipinski definition) is 3. The van der Waals surface area contributed by atoms with Crippen LogP contribution in [0.2, 0.25) is 5.02 Å². The van der Waals surface area contributed by atoms with Crippen molar-refractivity contribution in [1.29, 1.82) is 0 Å². The Labute approximate surface area is 117 Å². The Bertz CT molecular complexity index is 581. The molecule has 2 aromatic rings. The summed E-state index contributed by atoms with van der Waals surface area (Å²) in [6, 6.07) is 10.9. The second-order valence-electron chi connectivity index (χ2n) is 4.24. The molecule has 0 saturated heterocycles. The third kappa shape index (κ3) is 3.23. The Morgan fingerprint density at radius 2 is 1.95 bits per heavy atom. The first kappa shape index (κ1) is 13.4. The van der Waals surface area contributed by atoms with Gasteiger partial charge >= 0.3 is 0 Å². The molecule has 1 aromatic carbocycles. The highest BCUT2D eigenvalue weighted by Gasteiger charge is 2.08. The smallest absolute Gasteiger partial charge is 0.254 e. The SMILES string of the molecule is CN(C)C(=O)c1ccc(Nc2ccccc2Cl)nc1. The molecule has 0 aliphatic heterocycles. The lowest BCUT2D eigenvalue weighted by Gasteiger charge is -2.11. The Morgan fingerprint density at radius 3 is 2.53 bits per heavy atom. The number of nitrogens with zero attached hydrogens (tertiary/aromatic N) is 2. The van der Waals surface area contributed by atoms with E-state index in [1.54, 1.807) is 38.5 Å². The number of anilines is 2. The van der Waals surface area contributed by atoms with Gasteiger partial charge in [0.15, 0.2) is 0 Å². The lowest BCUT2D eigenvalue weighted by Crippen LogP contribution is -2.21. The van der Waals surface area contributed by atoms with Crippen molar-refractivity contribution in [3.63, 3.8) is 0 Å². The molecule has 0 radical (unpaired) electrons. The third-order valence-electron chi connectivity index (χ3n) is 2.55. The van der Waals surface area contributed by atoms with Crippen LogP contribution in [0.15, 0.2) is 42.6 Å². The largest absolute Gasteiger partial charge is 0.345 e. The molecular formula is C14H14ClN3O. The number of pyridine rings is 1. The van der Waals surface area contributed by atoms with E-state index in [1.807, 2.05) is 18.2 Å². The summed E-state index contributed by atoms with van der Waals surface area (Å²) in [5, 5.41) is 3.72. The summed E-state index contributed by atoms with van der Waals surface area (Å²) < 4.78 is 0. The van der Waals surface area contributed by atoms with Gasteiger partial charge in [-0.3, -0.25) is 4.79 Å². The molecule has 0 bridgehead atoms. The molecule has 19 heavy (non-hydrogen) atoms. The fraction of sp³-hybridized carbons (Fsp3) is 0.143. The molecular weight excluding hydrogens is 262 g/mol. The molecule has 1 aromatic heterocycles. The van der Waals surface area contributed by atoms with Crippen LogP contribution < -0.4 is 5.32 Å². The molecule has 0 atom stereocenters. The highest BCUT2D eigenvalue weighted by molar-refractivity contribution is 6.33. The van der Waals surface area contributed by atoms with Crippen molar-refractivity contribution in [3.8, 4) is 0 Å². The maximum absolute atomic E-state index is 11.7. The van der Waals surface area contributed by atoms with Crippen LogP contribution in [0, 0.1) is 0 Å². The van der Waals surface area contributed by atoms with Crippen molar-refractivity contribution < 1.29 is 4.79 Å². The molecule has 0 aliphatic carbocycles. The maximum Gasteiger partial charge on any atom is 0.254 e. The Hall–Kier alpha value is -2.07. The van der Waals surface area contributed by atoms with Gasteiger partial charge in [-0.25, -0.2) is 4.98 Å². The molecule has 0 unspecified atom stereocenters. The van der Waals surface area contributed by atoms with E-state index in [0.29, 0.717) is 16.4 Å². The second-order valence-corrected chi connectivity index (χ2v) is 4.64. The summed E-state index contributed by atoms with van der Waals surface area (Å²) in [5.74, 6) is 0.570. The van der Waals surface area contributed by atoms with Crippen molar-refractivity contribution in [2.24, 2.45) is 0 Å². The van der Waals surface area contributed by atoms with Crippen molar-refractivity contribution in [1.82, 2.24) is 9.88 Å². The van der Waals surface area contributed by atoms with Crippen molar-refractivity contribution in [2.45, 2.75) is 0 Å². The van der Waals surface area contributed by atoms with Gasteiger partial charge in [-0.15, -0.1) is 0 Å². The predicted molar refractivity (Wildman–Crippen MR) is 77.0 cm³/mol. The summed E-state index contributed by atoms with van der Waals surface area (Å²) in [6.45, 7) is 0. The van der Waals surface area contributed by atoms with Crippen molar-refractivity contribution >= 4 is 29.0 Å². The number of rotatable bonds is 3. The van der Waals surface area contributed by atoms with Crippen LogP contribution >= 0.6 is 11.6 Å². The van der Waals surface area contributed by atoms with Gasteiger partial charge < -0.3 is 10.2 Å². The first-order valence-corrected chi connectivity index (χ1v) is 6.15. The number of para-hydroxylation sites is 1. The Kier molecular flexibility index (Phi) is 4.02. The lowest BCUT2D eigenvalue weighted by molar-refractivity contribution is 0.0827. The summed E-state index contributed by atoms with van der Waals surface area (Å²) in [6.07, 6.45) is 1.54. The summed E-state index contributed by atoms with van der Waals surface area (Å²) in [5.41, 5.74) is 1.33. The van der Waals surface area contributed by atoms with Gasteiger partial charge in [-0.2, -0.15) is 0 Å². The summed E-state index contributed by atoms with van der Waals surface area (Å²) >= 11 is 6.05. The van der Waals surface area contributed by atoms with Crippen LogP contribution in [-0.2, 0) is 0 Å². The normalized spacial score (nSPS) is 10.1. The standard InChI is InChI=1S/C14H14ClN3O/c1-18(2)14(19)10-7-8-13(16-9-10)17-12-6-4-3-5-11(12)15/h3-9H,1-2H3,(H,16,17). The van der Waals surface area contributed by atoms with Crippen LogP contribution in [0.4, 0.5) is 11.5 Å². The average Bonchev–Trinajstić information content (AvgIpc) is 2.41. The highest BCUT2D eigenvalue weighted by Crippen LogP contribution is 2.23. The predicted octanol–water partition coefficient (Wildman–Crippen LogP) is 3.18. The van der Waals surface area contributed by atoms with Gasteiger partial charge in [0.25, 0.3) is 5.91 Å². The van der Waals surface area contributed by atoms with Gasteiger partial charge in [0.1, 0.15) is 5.82 Å². The summed E-state index contributed by atoms with van der Waals surface area (Å²) in [7, 11) is 3.41.